The predicted octanol–water partition coefficient (Wildman–Crippen LogP) is 4.53. The van der Waals surface area contributed by atoms with Crippen molar-refractivity contribution in [2.24, 2.45) is 0 Å². The van der Waals surface area contributed by atoms with Gasteiger partial charge in [0.25, 0.3) is 0 Å². The third kappa shape index (κ3) is 6.98. The van der Waals surface area contributed by atoms with Crippen molar-refractivity contribution in [2.45, 2.75) is 52.4 Å². The fourth-order valence-corrected chi connectivity index (χ4v) is 3.07. The van der Waals surface area contributed by atoms with E-state index in [1.807, 2.05) is 0 Å². The molecule has 0 aromatic heterocycles. The topological polar surface area (TPSA) is 46.2 Å². The fraction of sp³-hybridized carbons (Fsp3) is 0.727. The molecule has 1 aromatic rings. The lowest BCUT2D eigenvalue weighted by Gasteiger charge is -2.23. The summed E-state index contributed by atoms with van der Waals surface area (Å²) in [5.74, 6) is 2.56. The lowest BCUT2D eigenvalue weighted by molar-refractivity contribution is 0.00708. The van der Waals surface area contributed by atoms with Gasteiger partial charge in [0, 0.05) is 0 Å². The zero-order chi connectivity index (χ0) is 19.5. The molecule has 0 unspecified atom stereocenters. The maximum Gasteiger partial charge on any atom is 0.161 e. The normalized spacial score (nSPS) is 19.6. The Balaban J connectivity index is 2.25. The van der Waals surface area contributed by atoms with Gasteiger partial charge < -0.3 is 23.7 Å². The first-order valence-corrected chi connectivity index (χ1v) is 10.3. The summed E-state index contributed by atoms with van der Waals surface area (Å²) >= 11 is 0. The monoisotopic (exact) mass is 380 g/mol. The molecule has 5 nitrogen and oxygen atoms in total. The third-order valence-electron chi connectivity index (χ3n) is 5.15. The fourth-order valence-electron chi connectivity index (χ4n) is 3.07. The highest BCUT2D eigenvalue weighted by Gasteiger charge is 2.19. The van der Waals surface area contributed by atoms with Gasteiger partial charge in [-0.15, -0.1) is 0 Å². The number of benzene rings is 1. The van der Waals surface area contributed by atoms with Crippen LogP contribution in [0.25, 0.3) is 0 Å². The molecule has 0 saturated carbocycles. The number of ether oxygens (including phenoxy) is 5. The summed E-state index contributed by atoms with van der Waals surface area (Å²) in [5.41, 5.74) is 2.72. The van der Waals surface area contributed by atoms with E-state index < -0.39 is 0 Å². The van der Waals surface area contributed by atoms with Crippen molar-refractivity contribution in [3.63, 3.8) is 0 Å². The molecule has 0 N–H and O–H groups in total. The minimum atomic E-state index is 0.483. The van der Waals surface area contributed by atoms with Crippen molar-refractivity contribution >= 4 is 0 Å². The highest BCUT2D eigenvalue weighted by atomic mass is 16.6. The molecule has 0 spiro atoms. The smallest absolute Gasteiger partial charge is 0.161 e. The van der Waals surface area contributed by atoms with E-state index in [1.54, 1.807) is 0 Å². The van der Waals surface area contributed by atoms with Crippen LogP contribution >= 0.6 is 0 Å². The molecule has 2 atom stereocenters. The van der Waals surface area contributed by atoms with Crippen LogP contribution in [0.3, 0.4) is 0 Å². The number of fused-ring (bicyclic) bond motifs is 1. The molecule has 154 valence electrons. The van der Waals surface area contributed by atoms with Crippen molar-refractivity contribution in [1.82, 2.24) is 0 Å². The molecule has 1 heterocycles. The Morgan fingerprint density at radius 2 is 0.963 bits per heavy atom. The second-order valence-electron chi connectivity index (χ2n) is 7.08. The van der Waals surface area contributed by atoms with Crippen LogP contribution < -0.4 is 9.47 Å². The standard InChI is InChI=1S/C22H36O5/c1-5-17(3)19-15-21-22(16-20(19)18(4)6-2)27-14-12-25-10-8-23-7-9-24-11-13-26-21/h15-18H,5-14H2,1-4H3/t17-,18+. The SMILES string of the molecule is CC[C@@H](C)c1cc2c(cc1[C@@H](C)CC)OCCOCCOCCOCCO2. The van der Waals surface area contributed by atoms with E-state index in [2.05, 4.69) is 39.8 Å². The minimum Gasteiger partial charge on any atom is -0.487 e. The summed E-state index contributed by atoms with van der Waals surface area (Å²) < 4.78 is 28.7. The van der Waals surface area contributed by atoms with E-state index in [0.29, 0.717) is 64.7 Å². The van der Waals surface area contributed by atoms with Gasteiger partial charge in [0.2, 0.25) is 0 Å². The van der Waals surface area contributed by atoms with Crippen LogP contribution in [0, 0.1) is 0 Å². The molecular formula is C22H36O5. The van der Waals surface area contributed by atoms with Crippen molar-refractivity contribution in [3.05, 3.63) is 23.3 Å². The predicted molar refractivity (Wildman–Crippen MR) is 107 cm³/mol. The highest BCUT2D eigenvalue weighted by Crippen LogP contribution is 2.39. The van der Waals surface area contributed by atoms with Gasteiger partial charge >= 0.3 is 0 Å². The molecule has 0 bridgehead atoms. The number of rotatable bonds is 4. The summed E-state index contributed by atoms with van der Waals surface area (Å²) in [5, 5.41) is 0. The molecule has 1 aliphatic heterocycles. The summed E-state index contributed by atoms with van der Waals surface area (Å²) in [6, 6.07) is 4.35. The average molecular weight is 381 g/mol. The van der Waals surface area contributed by atoms with Crippen LogP contribution in [0.15, 0.2) is 12.1 Å². The zero-order valence-corrected chi connectivity index (χ0v) is 17.4. The molecule has 27 heavy (non-hydrogen) atoms. The zero-order valence-electron chi connectivity index (χ0n) is 17.4. The molecule has 0 amide bonds. The molecule has 5 heteroatoms. The molecule has 2 rings (SSSR count). The number of hydrogen-bond acceptors (Lipinski definition) is 5. The molecule has 0 radical (unpaired) electrons. The Bertz CT molecular complexity index is 499. The van der Waals surface area contributed by atoms with Crippen LogP contribution in [-0.4, -0.2) is 52.9 Å². The van der Waals surface area contributed by atoms with Gasteiger partial charge in [-0.1, -0.05) is 27.7 Å². The van der Waals surface area contributed by atoms with Crippen LogP contribution in [0.2, 0.25) is 0 Å². The Morgan fingerprint density at radius 3 is 1.30 bits per heavy atom. The first-order chi connectivity index (χ1) is 13.2. The largest absolute Gasteiger partial charge is 0.487 e. The van der Waals surface area contributed by atoms with Crippen molar-refractivity contribution in [2.75, 3.05) is 52.9 Å². The highest BCUT2D eigenvalue weighted by molar-refractivity contribution is 5.49. The van der Waals surface area contributed by atoms with Crippen molar-refractivity contribution < 1.29 is 23.7 Å². The van der Waals surface area contributed by atoms with Crippen LogP contribution in [0.5, 0.6) is 11.5 Å². The first-order valence-electron chi connectivity index (χ1n) is 10.3. The van der Waals surface area contributed by atoms with Gasteiger partial charge in [0.15, 0.2) is 11.5 Å². The number of hydrogen-bond donors (Lipinski definition) is 0. The van der Waals surface area contributed by atoms with E-state index in [1.165, 1.54) is 11.1 Å². The van der Waals surface area contributed by atoms with Gasteiger partial charge in [-0.3, -0.25) is 0 Å². The lowest BCUT2D eigenvalue weighted by atomic mass is 9.86. The molecular weight excluding hydrogens is 344 g/mol. The van der Waals surface area contributed by atoms with Gasteiger partial charge in [-0.25, -0.2) is 0 Å². The Kier molecular flexibility index (Phi) is 9.95. The van der Waals surface area contributed by atoms with Crippen molar-refractivity contribution in [1.29, 1.82) is 0 Å². The minimum absolute atomic E-state index is 0.483. The quantitative estimate of drug-likeness (QED) is 0.768. The Morgan fingerprint density at radius 1 is 0.630 bits per heavy atom. The summed E-state index contributed by atoms with van der Waals surface area (Å²) in [7, 11) is 0. The molecule has 0 aliphatic carbocycles. The van der Waals surface area contributed by atoms with Gasteiger partial charge in [0.05, 0.1) is 39.6 Å². The summed E-state index contributed by atoms with van der Waals surface area (Å²) in [4.78, 5) is 0. The first kappa shape index (κ1) is 22.0. The van der Waals surface area contributed by atoms with E-state index in [4.69, 9.17) is 23.7 Å². The maximum absolute atomic E-state index is 6.04. The maximum atomic E-state index is 6.04. The second kappa shape index (κ2) is 12.2. The molecule has 1 aliphatic rings. The van der Waals surface area contributed by atoms with E-state index >= 15 is 0 Å². The van der Waals surface area contributed by atoms with Gasteiger partial charge in [0.1, 0.15) is 13.2 Å². The molecule has 1 aromatic carbocycles. The van der Waals surface area contributed by atoms with E-state index in [9.17, 15) is 0 Å². The van der Waals surface area contributed by atoms with E-state index in [0.717, 1.165) is 24.3 Å². The Hall–Kier alpha value is -1.30. The average Bonchev–Trinajstić information content (AvgIpc) is 2.70. The van der Waals surface area contributed by atoms with Crippen molar-refractivity contribution in [3.8, 4) is 11.5 Å². The van der Waals surface area contributed by atoms with Crippen LogP contribution in [0.4, 0.5) is 0 Å². The summed E-state index contributed by atoms with van der Waals surface area (Å²) in [6.07, 6.45) is 2.19. The van der Waals surface area contributed by atoms with Crippen LogP contribution in [0.1, 0.15) is 63.5 Å². The van der Waals surface area contributed by atoms with Crippen LogP contribution in [-0.2, 0) is 14.2 Å². The third-order valence-corrected chi connectivity index (χ3v) is 5.15. The van der Waals surface area contributed by atoms with E-state index in [-0.39, 0.29) is 0 Å². The van der Waals surface area contributed by atoms with Gasteiger partial charge in [-0.2, -0.15) is 0 Å². The Labute approximate surface area is 164 Å². The lowest BCUT2D eigenvalue weighted by Crippen LogP contribution is -2.13. The molecule has 0 saturated heterocycles. The molecule has 0 fully saturated rings. The van der Waals surface area contributed by atoms with Gasteiger partial charge in [-0.05, 0) is 47.9 Å². The summed E-state index contributed by atoms with van der Waals surface area (Å²) in [6.45, 7) is 13.3. The second-order valence-corrected chi connectivity index (χ2v) is 7.08.